The summed E-state index contributed by atoms with van der Waals surface area (Å²) in [5, 5.41) is 12.4. The normalized spacial score (nSPS) is 18.5. The second-order valence-electron chi connectivity index (χ2n) is 6.13. The quantitative estimate of drug-likeness (QED) is 0.829. The Hall–Kier alpha value is -2.36. The molecule has 1 fully saturated rings. The van der Waals surface area contributed by atoms with E-state index in [-0.39, 0.29) is 17.0 Å². The number of carbonyl (C=O) groups is 1. The molecule has 0 bridgehead atoms. The minimum absolute atomic E-state index is 0.0260. The summed E-state index contributed by atoms with van der Waals surface area (Å²) in [6.45, 7) is 2.13. The van der Waals surface area contributed by atoms with E-state index in [1.165, 1.54) is 34.8 Å². The number of rotatable bonds is 4. The third kappa shape index (κ3) is 4.06. The number of benzene rings is 1. The number of carbonyl (C=O) groups excluding carboxylic acids is 1. The van der Waals surface area contributed by atoms with Gasteiger partial charge in [-0.1, -0.05) is 6.07 Å². The Kier molecular flexibility index (Phi) is 5.30. The van der Waals surface area contributed by atoms with Crippen molar-refractivity contribution in [2.45, 2.75) is 30.8 Å². The van der Waals surface area contributed by atoms with Crippen LogP contribution in [0.3, 0.4) is 0 Å². The SMILES string of the molecule is Cc1nccc(NC(=O)c2cccc(S(=O)(=O)N3CCC[C@H](O)C3)c2)n1. The van der Waals surface area contributed by atoms with E-state index >= 15 is 0 Å². The largest absolute Gasteiger partial charge is 0.392 e. The molecule has 1 atom stereocenters. The number of aliphatic hydroxyl groups excluding tert-OH is 1. The van der Waals surface area contributed by atoms with Gasteiger partial charge in [0, 0.05) is 24.8 Å². The second-order valence-corrected chi connectivity index (χ2v) is 8.07. The zero-order valence-electron chi connectivity index (χ0n) is 14.3. The average molecular weight is 376 g/mol. The summed E-state index contributed by atoms with van der Waals surface area (Å²) in [5.41, 5.74) is 0.208. The van der Waals surface area contributed by atoms with Crippen molar-refractivity contribution >= 4 is 21.7 Å². The highest BCUT2D eigenvalue weighted by Crippen LogP contribution is 2.22. The average Bonchev–Trinajstić information content (AvgIpc) is 2.62. The van der Waals surface area contributed by atoms with Gasteiger partial charge in [0.05, 0.1) is 11.0 Å². The molecule has 2 aromatic rings. The van der Waals surface area contributed by atoms with Crippen molar-refractivity contribution < 1.29 is 18.3 Å². The molecule has 1 saturated heterocycles. The number of sulfonamides is 1. The predicted octanol–water partition coefficient (Wildman–Crippen LogP) is 1.18. The Morgan fingerprint density at radius 2 is 2.15 bits per heavy atom. The lowest BCUT2D eigenvalue weighted by Crippen LogP contribution is -2.42. The number of aryl methyl sites for hydroxylation is 1. The lowest BCUT2D eigenvalue weighted by molar-refractivity contribution is 0.102. The number of aromatic nitrogens is 2. The smallest absolute Gasteiger partial charge is 0.256 e. The van der Waals surface area contributed by atoms with Gasteiger partial charge in [0.1, 0.15) is 11.6 Å². The van der Waals surface area contributed by atoms with Crippen molar-refractivity contribution in [1.29, 1.82) is 0 Å². The number of nitrogens with zero attached hydrogens (tertiary/aromatic N) is 3. The highest BCUT2D eigenvalue weighted by atomic mass is 32.2. The molecule has 2 N–H and O–H groups in total. The van der Waals surface area contributed by atoms with Gasteiger partial charge in [0.25, 0.3) is 5.91 Å². The monoisotopic (exact) mass is 376 g/mol. The number of piperidine rings is 1. The molecule has 26 heavy (non-hydrogen) atoms. The van der Waals surface area contributed by atoms with E-state index in [0.29, 0.717) is 31.0 Å². The fourth-order valence-electron chi connectivity index (χ4n) is 2.80. The van der Waals surface area contributed by atoms with Gasteiger partial charge in [0.2, 0.25) is 10.0 Å². The van der Waals surface area contributed by atoms with Crippen LogP contribution in [0, 0.1) is 6.92 Å². The summed E-state index contributed by atoms with van der Waals surface area (Å²) in [6.07, 6.45) is 2.06. The standard InChI is InChI=1S/C17H20N4O4S/c1-12-18-8-7-16(19-12)20-17(23)13-4-2-6-15(10-13)26(24,25)21-9-3-5-14(22)11-21/h2,4,6-8,10,14,22H,3,5,9,11H2,1H3,(H,18,19,20,23)/t14-/m0/s1. The summed E-state index contributed by atoms with van der Waals surface area (Å²) in [5.74, 6) is 0.400. The number of anilines is 1. The zero-order chi connectivity index (χ0) is 18.7. The molecule has 0 aliphatic carbocycles. The lowest BCUT2D eigenvalue weighted by atomic mass is 10.1. The van der Waals surface area contributed by atoms with Gasteiger partial charge in [-0.15, -0.1) is 0 Å². The van der Waals surface area contributed by atoms with E-state index < -0.39 is 22.0 Å². The van der Waals surface area contributed by atoms with E-state index in [9.17, 15) is 18.3 Å². The van der Waals surface area contributed by atoms with Crippen molar-refractivity contribution in [3.05, 3.63) is 47.9 Å². The summed E-state index contributed by atoms with van der Waals surface area (Å²) in [6, 6.07) is 7.39. The summed E-state index contributed by atoms with van der Waals surface area (Å²) in [4.78, 5) is 20.5. The van der Waals surface area contributed by atoms with Gasteiger partial charge in [-0.2, -0.15) is 4.31 Å². The molecule has 0 saturated carbocycles. The number of β-amino-alcohol motifs (C(OH)–C–C–N with tert-alkyl or cyclic N) is 1. The Balaban J connectivity index is 1.82. The van der Waals surface area contributed by atoms with Crippen LogP contribution in [0.2, 0.25) is 0 Å². The van der Waals surface area contributed by atoms with Gasteiger partial charge in [-0.3, -0.25) is 4.79 Å². The first-order chi connectivity index (χ1) is 12.4. The Labute approximate surface area is 152 Å². The Morgan fingerprint density at radius 1 is 1.35 bits per heavy atom. The van der Waals surface area contributed by atoms with E-state index in [4.69, 9.17) is 0 Å². The highest BCUT2D eigenvalue weighted by molar-refractivity contribution is 7.89. The van der Waals surface area contributed by atoms with Crippen molar-refractivity contribution in [3.8, 4) is 0 Å². The minimum atomic E-state index is -3.76. The van der Waals surface area contributed by atoms with E-state index in [1.54, 1.807) is 13.0 Å². The fraction of sp³-hybridized carbons (Fsp3) is 0.353. The summed E-state index contributed by atoms with van der Waals surface area (Å²) >= 11 is 0. The van der Waals surface area contributed by atoms with Gasteiger partial charge in [-0.25, -0.2) is 18.4 Å². The maximum atomic E-state index is 12.8. The van der Waals surface area contributed by atoms with Crippen LogP contribution in [-0.4, -0.2) is 52.9 Å². The molecule has 0 radical (unpaired) electrons. The van der Waals surface area contributed by atoms with Gasteiger partial charge < -0.3 is 10.4 Å². The number of hydrogen-bond donors (Lipinski definition) is 2. The number of hydrogen-bond acceptors (Lipinski definition) is 6. The van der Waals surface area contributed by atoms with Crippen molar-refractivity contribution in [2.75, 3.05) is 18.4 Å². The molecule has 1 aromatic carbocycles. The number of aliphatic hydroxyl groups is 1. The maximum absolute atomic E-state index is 12.8. The highest BCUT2D eigenvalue weighted by Gasteiger charge is 2.29. The van der Waals surface area contributed by atoms with E-state index in [1.807, 2.05) is 0 Å². The van der Waals surface area contributed by atoms with Gasteiger partial charge >= 0.3 is 0 Å². The summed E-state index contributed by atoms with van der Waals surface area (Å²) in [7, 11) is -3.76. The molecule has 8 nitrogen and oxygen atoms in total. The molecule has 9 heteroatoms. The summed E-state index contributed by atoms with van der Waals surface area (Å²) < 4.78 is 26.8. The third-order valence-electron chi connectivity index (χ3n) is 4.11. The first-order valence-corrected chi connectivity index (χ1v) is 9.69. The van der Waals surface area contributed by atoms with Crippen molar-refractivity contribution in [3.63, 3.8) is 0 Å². The molecule has 3 rings (SSSR count). The number of nitrogens with one attached hydrogen (secondary N) is 1. The first-order valence-electron chi connectivity index (χ1n) is 8.25. The maximum Gasteiger partial charge on any atom is 0.256 e. The predicted molar refractivity (Wildman–Crippen MR) is 95.2 cm³/mol. The van der Waals surface area contributed by atoms with Crippen molar-refractivity contribution in [2.24, 2.45) is 0 Å². The molecule has 1 amide bonds. The van der Waals surface area contributed by atoms with Crippen LogP contribution in [-0.2, 0) is 10.0 Å². The van der Waals surface area contributed by atoms with Crippen LogP contribution >= 0.6 is 0 Å². The van der Waals surface area contributed by atoms with Crippen LogP contribution in [0.4, 0.5) is 5.82 Å². The van der Waals surface area contributed by atoms with Crippen LogP contribution < -0.4 is 5.32 Å². The zero-order valence-corrected chi connectivity index (χ0v) is 15.1. The minimum Gasteiger partial charge on any atom is -0.392 e. The molecular weight excluding hydrogens is 356 g/mol. The van der Waals surface area contributed by atoms with Crippen molar-refractivity contribution in [1.82, 2.24) is 14.3 Å². The number of amides is 1. The van der Waals surface area contributed by atoms with Gasteiger partial charge in [-0.05, 0) is 44.0 Å². The Morgan fingerprint density at radius 3 is 2.88 bits per heavy atom. The first kappa shape index (κ1) is 18.4. The van der Waals surface area contributed by atoms with Crippen LogP contribution in [0.1, 0.15) is 29.0 Å². The molecule has 0 unspecified atom stereocenters. The molecular formula is C17H20N4O4S. The molecule has 2 heterocycles. The fourth-order valence-corrected chi connectivity index (χ4v) is 4.36. The van der Waals surface area contributed by atoms with E-state index in [0.717, 1.165) is 0 Å². The molecule has 1 aromatic heterocycles. The molecule has 138 valence electrons. The van der Waals surface area contributed by atoms with Crippen LogP contribution in [0.15, 0.2) is 41.4 Å². The second kappa shape index (κ2) is 7.48. The molecule has 0 spiro atoms. The van der Waals surface area contributed by atoms with Crippen LogP contribution in [0.25, 0.3) is 0 Å². The lowest BCUT2D eigenvalue weighted by Gasteiger charge is -2.29. The molecule has 1 aliphatic heterocycles. The van der Waals surface area contributed by atoms with Gasteiger partial charge in [0.15, 0.2) is 0 Å². The topological polar surface area (TPSA) is 112 Å². The van der Waals surface area contributed by atoms with E-state index in [2.05, 4.69) is 15.3 Å². The van der Waals surface area contributed by atoms with Crippen LogP contribution in [0.5, 0.6) is 0 Å². The molecule has 1 aliphatic rings. The Bertz CT molecular complexity index is 916. The third-order valence-corrected chi connectivity index (χ3v) is 5.97.